The van der Waals surface area contributed by atoms with E-state index in [1.165, 1.54) is 4.90 Å². The number of rotatable bonds is 5. The molecule has 28 heavy (non-hydrogen) atoms. The van der Waals surface area contributed by atoms with Crippen molar-refractivity contribution in [2.24, 2.45) is 5.73 Å². The fraction of sp³-hybridized carbons (Fsp3) is 0.500. The van der Waals surface area contributed by atoms with Gasteiger partial charge >= 0.3 is 6.03 Å². The standard InChI is InChI=1S/C20H26N5O3/c1-22(17(26)13-23-10-2-3-11-23)14-6-8-15(9-7-14)25-18(19(21)27)16-5-4-12-24(16)20(25)28/h5-9,16,18H,2-4,10-13H2,1H3,(H2,21,27)/t16-,18?/m1/s1. The van der Waals surface area contributed by atoms with Crippen LogP contribution in [0.2, 0.25) is 0 Å². The maximum Gasteiger partial charge on any atom is 0.325 e. The number of carbonyl (C=O) groups is 3. The molecule has 0 aromatic heterocycles. The van der Waals surface area contributed by atoms with E-state index in [2.05, 4.69) is 4.90 Å². The Morgan fingerprint density at radius 2 is 1.82 bits per heavy atom. The Labute approximate surface area is 164 Å². The summed E-state index contributed by atoms with van der Waals surface area (Å²) in [5.74, 6) is -0.474. The molecular weight excluding hydrogens is 358 g/mol. The molecule has 0 bridgehead atoms. The first-order valence-corrected chi connectivity index (χ1v) is 9.79. The van der Waals surface area contributed by atoms with Crippen molar-refractivity contribution in [1.82, 2.24) is 9.80 Å². The Morgan fingerprint density at radius 1 is 1.14 bits per heavy atom. The average Bonchev–Trinajstić information content (AvgIpc) is 3.40. The van der Waals surface area contributed by atoms with Gasteiger partial charge in [-0.3, -0.25) is 19.4 Å². The highest BCUT2D eigenvalue weighted by Crippen LogP contribution is 2.35. The van der Waals surface area contributed by atoms with Crippen LogP contribution >= 0.6 is 0 Å². The molecule has 1 aromatic carbocycles. The molecule has 8 heteroatoms. The first-order valence-electron chi connectivity index (χ1n) is 9.79. The molecule has 8 nitrogen and oxygen atoms in total. The monoisotopic (exact) mass is 384 g/mol. The Bertz CT molecular complexity index is 775. The van der Waals surface area contributed by atoms with Crippen molar-refractivity contribution in [2.75, 3.05) is 43.0 Å². The molecule has 4 amide bonds. The van der Waals surface area contributed by atoms with Crippen LogP contribution in [0, 0.1) is 6.42 Å². The summed E-state index contributed by atoms with van der Waals surface area (Å²) >= 11 is 0. The molecule has 3 aliphatic heterocycles. The smallest absolute Gasteiger partial charge is 0.325 e. The van der Waals surface area contributed by atoms with E-state index >= 15 is 0 Å². The van der Waals surface area contributed by atoms with E-state index in [9.17, 15) is 14.4 Å². The zero-order chi connectivity index (χ0) is 19.8. The molecule has 0 aliphatic carbocycles. The highest BCUT2D eigenvalue weighted by atomic mass is 16.2. The summed E-state index contributed by atoms with van der Waals surface area (Å²) in [7, 11) is 1.76. The summed E-state index contributed by atoms with van der Waals surface area (Å²) in [6.45, 7) is 2.96. The predicted molar refractivity (Wildman–Crippen MR) is 106 cm³/mol. The first-order chi connectivity index (χ1) is 13.5. The Hall–Kier alpha value is -2.61. The minimum atomic E-state index is -0.699. The van der Waals surface area contributed by atoms with Crippen LogP contribution in [-0.4, -0.2) is 73.0 Å². The lowest BCUT2D eigenvalue weighted by atomic mass is 10.1. The predicted octanol–water partition coefficient (Wildman–Crippen LogP) is 0.818. The van der Waals surface area contributed by atoms with Crippen LogP contribution in [0.5, 0.6) is 0 Å². The highest BCUT2D eigenvalue weighted by Gasteiger charge is 2.51. The number of nitrogens with zero attached hydrogens (tertiary/aromatic N) is 4. The third kappa shape index (κ3) is 3.22. The first kappa shape index (κ1) is 18.7. The molecule has 1 aromatic rings. The number of nitrogens with two attached hydrogens (primary N) is 1. The van der Waals surface area contributed by atoms with E-state index in [0.717, 1.165) is 38.0 Å². The lowest BCUT2D eigenvalue weighted by molar-refractivity contribution is -0.120. The van der Waals surface area contributed by atoms with Gasteiger partial charge in [0, 0.05) is 25.0 Å². The van der Waals surface area contributed by atoms with Crippen LogP contribution < -0.4 is 15.5 Å². The number of amides is 4. The number of likely N-dealkylation sites (tertiary alicyclic amines) is 1. The van der Waals surface area contributed by atoms with Gasteiger partial charge in [0.05, 0.1) is 12.6 Å². The number of hydrogen-bond donors (Lipinski definition) is 1. The second-order valence-electron chi connectivity index (χ2n) is 7.66. The molecular formula is C20H26N5O3. The quantitative estimate of drug-likeness (QED) is 0.814. The third-order valence-corrected chi connectivity index (χ3v) is 5.93. The van der Waals surface area contributed by atoms with Crippen LogP contribution in [0.15, 0.2) is 24.3 Å². The molecule has 4 rings (SSSR count). The third-order valence-electron chi connectivity index (χ3n) is 5.93. The number of carbonyl (C=O) groups excluding carboxylic acids is 3. The molecule has 0 spiro atoms. The van der Waals surface area contributed by atoms with Gasteiger partial charge in [-0.05, 0) is 63.0 Å². The van der Waals surface area contributed by atoms with Gasteiger partial charge in [0.2, 0.25) is 11.8 Å². The van der Waals surface area contributed by atoms with Crippen molar-refractivity contribution in [3.63, 3.8) is 0 Å². The highest BCUT2D eigenvalue weighted by molar-refractivity contribution is 6.04. The van der Waals surface area contributed by atoms with Gasteiger partial charge in [0.15, 0.2) is 0 Å². The second kappa shape index (κ2) is 7.43. The van der Waals surface area contributed by atoms with E-state index in [1.807, 2.05) is 6.42 Å². The van der Waals surface area contributed by atoms with E-state index in [0.29, 0.717) is 18.8 Å². The Morgan fingerprint density at radius 3 is 2.46 bits per heavy atom. The number of fused-ring (bicyclic) bond motifs is 1. The molecule has 149 valence electrons. The molecule has 0 saturated carbocycles. The van der Waals surface area contributed by atoms with Gasteiger partial charge in [0.25, 0.3) is 0 Å². The normalized spacial score (nSPS) is 24.7. The van der Waals surface area contributed by atoms with Gasteiger partial charge in [-0.25, -0.2) is 4.79 Å². The number of primary amides is 1. The fourth-order valence-electron chi connectivity index (χ4n) is 4.38. The molecule has 3 aliphatic rings. The van der Waals surface area contributed by atoms with Crippen molar-refractivity contribution in [2.45, 2.75) is 31.3 Å². The summed E-state index contributed by atoms with van der Waals surface area (Å²) in [5.41, 5.74) is 6.97. The Balaban J connectivity index is 1.50. The van der Waals surface area contributed by atoms with Gasteiger partial charge in [-0.15, -0.1) is 0 Å². The average molecular weight is 384 g/mol. The molecule has 3 heterocycles. The molecule has 2 atom stereocenters. The van der Waals surface area contributed by atoms with E-state index in [4.69, 9.17) is 5.73 Å². The zero-order valence-electron chi connectivity index (χ0n) is 16.1. The van der Waals surface area contributed by atoms with Gasteiger partial charge in [-0.1, -0.05) is 0 Å². The van der Waals surface area contributed by atoms with Gasteiger partial charge in [-0.2, -0.15) is 0 Å². The van der Waals surface area contributed by atoms with Crippen LogP contribution in [0.3, 0.4) is 0 Å². The topological polar surface area (TPSA) is 90.2 Å². The summed E-state index contributed by atoms with van der Waals surface area (Å²) in [6.07, 6.45) is 5.04. The van der Waals surface area contributed by atoms with Crippen molar-refractivity contribution >= 4 is 29.2 Å². The Kier molecular flexibility index (Phi) is 4.97. The van der Waals surface area contributed by atoms with Crippen LogP contribution in [-0.2, 0) is 9.59 Å². The maximum absolute atomic E-state index is 12.8. The number of likely N-dealkylation sites (N-methyl/N-ethyl adjacent to an activating group) is 1. The summed E-state index contributed by atoms with van der Waals surface area (Å²) in [4.78, 5) is 44.3. The van der Waals surface area contributed by atoms with Crippen molar-refractivity contribution in [1.29, 1.82) is 0 Å². The van der Waals surface area contributed by atoms with Gasteiger partial charge in [0.1, 0.15) is 6.04 Å². The molecule has 1 radical (unpaired) electrons. The minimum absolute atomic E-state index is 0.0390. The SMILES string of the molecule is CN(C(=O)CN1CCCC1)c1ccc(N2C(=O)N3CC[CH][C@@H]3C2C(N)=O)cc1. The zero-order valence-corrected chi connectivity index (χ0v) is 16.1. The van der Waals surface area contributed by atoms with E-state index in [1.54, 1.807) is 41.1 Å². The second-order valence-corrected chi connectivity index (χ2v) is 7.66. The largest absolute Gasteiger partial charge is 0.368 e. The molecule has 2 N–H and O–H groups in total. The van der Waals surface area contributed by atoms with Gasteiger partial charge < -0.3 is 15.5 Å². The van der Waals surface area contributed by atoms with E-state index < -0.39 is 11.9 Å². The lowest BCUT2D eigenvalue weighted by Gasteiger charge is -2.25. The number of benzene rings is 1. The van der Waals surface area contributed by atoms with Crippen molar-refractivity contribution in [3.05, 3.63) is 30.7 Å². The van der Waals surface area contributed by atoms with E-state index in [-0.39, 0.29) is 18.0 Å². The number of anilines is 2. The molecule has 1 unspecified atom stereocenters. The van der Waals surface area contributed by atoms with Crippen LogP contribution in [0.25, 0.3) is 0 Å². The van der Waals surface area contributed by atoms with Crippen LogP contribution in [0.1, 0.15) is 19.3 Å². The summed E-state index contributed by atoms with van der Waals surface area (Å²) in [6, 6.07) is 5.97. The van der Waals surface area contributed by atoms with Crippen molar-refractivity contribution < 1.29 is 14.4 Å². The summed E-state index contributed by atoms with van der Waals surface area (Å²) in [5, 5.41) is 0. The molecule has 3 saturated heterocycles. The summed E-state index contributed by atoms with van der Waals surface area (Å²) < 4.78 is 0. The van der Waals surface area contributed by atoms with Crippen LogP contribution in [0.4, 0.5) is 16.2 Å². The molecule has 3 fully saturated rings. The minimum Gasteiger partial charge on any atom is -0.368 e. The lowest BCUT2D eigenvalue weighted by Crippen LogP contribution is -2.46. The number of urea groups is 1. The maximum atomic E-state index is 12.8. The number of hydrogen-bond acceptors (Lipinski definition) is 4. The fourth-order valence-corrected chi connectivity index (χ4v) is 4.38. The van der Waals surface area contributed by atoms with Crippen molar-refractivity contribution in [3.8, 4) is 0 Å².